The monoisotopic (exact) mass is 459 g/mol. The van der Waals surface area contributed by atoms with Crippen LogP contribution in [0, 0.1) is 0 Å². The third-order valence-corrected chi connectivity index (χ3v) is 6.29. The first-order valence-electron chi connectivity index (χ1n) is 8.81. The Bertz CT molecular complexity index is 1150. The molecule has 1 aromatic carbocycles. The second-order valence-corrected chi connectivity index (χ2v) is 9.64. The maximum atomic E-state index is 11.6. The molecule has 0 amide bonds. The van der Waals surface area contributed by atoms with Crippen LogP contribution in [0.15, 0.2) is 28.0 Å². The van der Waals surface area contributed by atoms with Gasteiger partial charge in [-0.2, -0.15) is 31.8 Å². The average Bonchev–Trinajstić information content (AvgIpc) is 2.61. The molecule has 30 heavy (non-hydrogen) atoms. The summed E-state index contributed by atoms with van der Waals surface area (Å²) in [5.74, 6) is -0.249. The molecule has 3 rings (SSSR count). The van der Waals surface area contributed by atoms with Gasteiger partial charge < -0.3 is 22.1 Å². The molecule has 1 aromatic heterocycles. The van der Waals surface area contributed by atoms with Crippen LogP contribution in [0.3, 0.4) is 0 Å². The number of anilines is 4. The Balaban J connectivity index is 1.93. The number of nitrogens with zero attached hydrogens (tertiary/aromatic N) is 3. The predicted octanol–water partition coefficient (Wildman–Crippen LogP) is 0.373. The number of aromatic nitrogens is 3. The van der Waals surface area contributed by atoms with Gasteiger partial charge in [0.15, 0.2) is 0 Å². The lowest BCUT2D eigenvalue weighted by Crippen LogP contribution is -2.33. The van der Waals surface area contributed by atoms with Crippen molar-refractivity contribution in [1.82, 2.24) is 15.0 Å². The van der Waals surface area contributed by atoms with Gasteiger partial charge >= 0.3 is 0 Å². The number of rotatable bonds is 6. The molecule has 0 spiro atoms. The maximum Gasteiger partial charge on any atom is 0.296 e. The smallest absolute Gasteiger partial charge is 0.296 e. The molecule has 164 valence electrons. The fourth-order valence-electron chi connectivity index (χ4n) is 3.07. The Morgan fingerprint density at radius 3 is 2.17 bits per heavy atom. The average molecular weight is 460 g/mol. The first-order chi connectivity index (χ1) is 13.9. The summed E-state index contributed by atoms with van der Waals surface area (Å²) in [5.41, 5.74) is 11.2. The first-order valence-corrected chi connectivity index (χ1v) is 11.7. The second kappa shape index (κ2) is 8.27. The molecule has 15 heteroatoms. The van der Waals surface area contributed by atoms with Gasteiger partial charge in [0, 0.05) is 12.1 Å². The molecule has 8 N–H and O–H groups in total. The molecule has 13 nitrogen and oxygen atoms in total. The molecular formula is C15H21N7O6S2. The zero-order chi connectivity index (χ0) is 22.1. The van der Waals surface area contributed by atoms with Gasteiger partial charge in [0.2, 0.25) is 17.8 Å². The fraction of sp³-hybridized carbons (Fsp3) is 0.400. The van der Waals surface area contributed by atoms with Gasteiger partial charge in [-0.15, -0.1) is 0 Å². The van der Waals surface area contributed by atoms with E-state index in [0.29, 0.717) is 0 Å². The van der Waals surface area contributed by atoms with Crippen LogP contribution in [0.25, 0.3) is 0 Å². The van der Waals surface area contributed by atoms with Gasteiger partial charge in [0.1, 0.15) is 4.90 Å². The van der Waals surface area contributed by atoms with Gasteiger partial charge in [0.05, 0.1) is 10.6 Å². The number of hydrogen-bond donors (Lipinski definition) is 6. The fourth-order valence-corrected chi connectivity index (χ4v) is 4.21. The van der Waals surface area contributed by atoms with Crippen molar-refractivity contribution in [1.29, 1.82) is 0 Å². The Morgan fingerprint density at radius 2 is 1.57 bits per heavy atom. The van der Waals surface area contributed by atoms with Gasteiger partial charge in [-0.05, 0) is 43.9 Å². The highest BCUT2D eigenvalue weighted by Gasteiger charge is 2.22. The Hall–Kier alpha value is -2.59. The normalized spacial score (nSPS) is 20.0. The molecule has 1 fully saturated rings. The lowest BCUT2D eigenvalue weighted by atomic mass is 9.92. The molecule has 0 aliphatic heterocycles. The molecule has 0 unspecified atom stereocenters. The number of benzene rings is 1. The van der Waals surface area contributed by atoms with Crippen LogP contribution in [-0.2, 0) is 20.2 Å². The van der Waals surface area contributed by atoms with Crippen molar-refractivity contribution in [3.05, 3.63) is 18.2 Å². The van der Waals surface area contributed by atoms with Crippen molar-refractivity contribution < 1.29 is 25.9 Å². The summed E-state index contributed by atoms with van der Waals surface area (Å²) in [5, 5.41) is 5.61. The summed E-state index contributed by atoms with van der Waals surface area (Å²) >= 11 is 0. The first kappa shape index (κ1) is 22.1. The molecule has 1 aliphatic carbocycles. The van der Waals surface area contributed by atoms with E-state index in [4.69, 9.17) is 11.5 Å². The van der Waals surface area contributed by atoms with Crippen molar-refractivity contribution >= 4 is 43.8 Å². The van der Waals surface area contributed by atoms with Crippen LogP contribution in [-0.4, -0.2) is 53.0 Å². The van der Waals surface area contributed by atoms with Crippen molar-refractivity contribution in [3.63, 3.8) is 0 Å². The van der Waals surface area contributed by atoms with E-state index in [2.05, 4.69) is 25.6 Å². The second-order valence-electron chi connectivity index (χ2n) is 6.83. The minimum absolute atomic E-state index is 0.0655. The van der Waals surface area contributed by atoms with E-state index in [1.54, 1.807) is 0 Å². The van der Waals surface area contributed by atoms with Gasteiger partial charge in [-0.1, -0.05) is 0 Å². The van der Waals surface area contributed by atoms with Crippen molar-refractivity contribution in [3.8, 4) is 0 Å². The van der Waals surface area contributed by atoms with E-state index in [9.17, 15) is 25.9 Å². The molecule has 0 radical (unpaired) electrons. The number of nitrogen functional groups attached to an aromatic ring is 1. The van der Waals surface area contributed by atoms with Crippen molar-refractivity contribution in [2.45, 2.75) is 47.6 Å². The summed E-state index contributed by atoms with van der Waals surface area (Å²) < 4.78 is 64.7. The van der Waals surface area contributed by atoms with E-state index >= 15 is 0 Å². The zero-order valence-corrected chi connectivity index (χ0v) is 17.2. The Labute approximate surface area is 172 Å². The van der Waals surface area contributed by atoms with Gasteiger partial charge in [-0.25, -0.2) is 0 Å². The van der Waals surface area contributed by atoms with Crippen molar-refractivity contribution in [2.24, 2.45) is 5.73 Å². The third kappa shape index (κ3) is 5.51. The highest BCUT2D eigenvalue weighted by atomic mass is 32.2. The minimum Gasteiger partial charge on any atom is -0.368 e. The molecule has 1 aliphatic rings. The lowest BCUT2D eigenvalue weighted by molar-refractivity contribution is 0.410. The quantitative estimate of drug-likeness (QED) is 0.321. The highest BCUT2D eigenvalue weighted by molar-refractivity contribution is 7.86. The summed E-state index contributed by atoms with van der Waals surface area (Å²) in [6, 6.07) is 2.67. The number of nitrogens with two attached hydrogens (primary N) is 2. The van der Waals surface area contributed by atoms with Crippen LogP contribution in [0.1, 0.15) is 25.7 Å². The highest BCUT2D eigenvalue weighted by Crippen LogP contribution is 2.28. The van der Waals surface area contributed by atoms with Crippen molar-refractivity contribution in [2.75, 3.05) is 16.4 Å². The number of nitrogens with one attached hydrogen (secondary N) is 2. The summed E-state index contributed by atoms with van der Waals surface area (Å²) in [4.78, 5) is 10.7. The summed E-state index contributed by atoms with van der Waals surface area (Å²) in [6.45, 7) is 0. The topological polar surface area (TPSA) is 224 Å². The minimum atomic E-state index is -4.73. The standard InChI is InChI=1S/C15H21N7O6S2/c16-8-1-3-9(4-2-8)18-14-20-13(17)21-15(22-14)19-11-7-10(29(23,24)25)5-6-12(11)30(26,27)28/h5-9H,1-4,16H2,(H,23,24,25)(H,26,27,28)(H4,17,18,19,20,21,22). The van der Waals surface area contributed by atoms with Gasteiger partial charge in [-0.3, -0.25) is 9.11 Å². The van der Waals surface area contributed by atoms with Gasteiger partial charge in [0.25, 0.3) is 20.2 Å². The molecule has 0 saturated heterocycles. The summed E-state index contributed by atoms with van der Waals surface area (Å²) in [6.07, 6.45) is 3.28. The molecule has 1 heterocycles. The van der Waals surface area contributed by atoms with Crippen LogP contribution in [0.2, 0.25) is 0 Å². The molecular weight excluding hydrogens is 438 g/mol. The zero-order valence-electron chi connectivity index (χ0n) is 15.6. The lowest BCUT2D eigenvalue weighted by Gasteiger charge is -2.26. The Kier molecular flexibility index (Phi) is 6.09. The Morgan fingerprint density at radius 1 is 0.933 bits per heavy atom. The SMILES string of the molecule is Nc1nc(Nc2cc(S(=O)(=O)O)ccc2S(=O)(=O)O)nc(NC2CCC(N)CC2)n1. The van der Waals surface area contributed by atoms with E-state index < -0.39 is 30.0 Å². The van der Waals surface area contributed by atoms with Crippen LogP contribution in [0.5, 0.6) is 0 Å². The molecule has 2 aromatic rings. The third-order valence-electron chi connectivity index (χ3n) is 4.53. The van der Waals surface area contributed by atoms with Crippen LogP contribution < -0.4 is 22.1 Å². The number of hydrogen-bond acceptors (Lipinski definition) is 11. The van der Waals surface area contributed by atoms with E-state index in [0.717, 1.165) is 43.9 Å². The molecule has 0 bridgehead atoms. The predicted molar refractivity (Wildman–Crippen MR) is 107 cm³/mol. The van der Waals surface area contributed by atoms with E-state index in [1.165, 1.54) is 0 Å². The molecule has 0 atom stereocenters. The van der Waals surface area contributed by atoms with E-state index in [1.807, 2.05) is 0 Å². The van der Waals surface area contributed by atoms with E-state index in [-0.39, 0.29) is 35.6 Å². The summed E-state index contributed by atoms with van der Waals surface area (Å²) in [7, 11) is -9.37. The van der Waals surface area contributed by atoms with Crippen LogP contribution in [0.4, 0.5) is 23.5 Å². The largest absolute Gasteiger partial charge is 0.368 e. The molecule has 1 saturated carbocycles. The maximum absolute atomic E-state index is 11.6. The van der Waals surface area contributed by atoms with Crippen LogP contribution >= 0.6 is 0 Å².